The van der Waals surface area contributed by atoms with Gasteiger partial charge in [-0.05, 0) is 17.8 Å². The van der Waals surface area contributed by atoms with E-state index in [1.807, 2.05) is 11.6 Å². The number of thiazole rings is 1. The quantitative estimate of drug-likeness (QED) is 0.615. The number of rotatable bonds is 5. The van der Waals surface area contributed by atoms with Gasteiger partial charge in [0.25, 0.3) is 0 Å². The second-order valence-corrected chi connectivity index (χ2v) is 6.48. The van der Waals surface area contributed by atoms with Crippen molar-refractivity contribution < 1.29 is 0 Å². The number of nitrogens with two attached hydrogens (primary N) is 1. The van der Waals surface area contributed by atoms with E-state index in [0.29, 0.717) is 17.4 Å². The van der Waals surface area contributed by atoms with Gasteiger partial charge in [-0.15, -0.1) is 11.3 Å². The van der Waals surface area contributed by atoms with E-state index in [1.165, 1.54) is 0 Å². The van der Waals surface area contributed by atoms with E-state index in [9.17, 15) is 0 Å². The molecule has 0 saturated heterocycles. The normalized spacial score (nSPS) is 16.1. The number of aromatic nitrogens is 1. The van der Waals surface area contributed by atoms with Gasteiger partial charge in [0.05, 0.1) is 5.01 Å². The standard InChI is InChI=1S/C12H23N3S/c1-9(12(2,3)4)7-10(15-13)8-11-14-5-6-16-11/h5-6,9-10,15H,7-8,13H2,1-4H3. The average molecular weight is 241 g/mol. The van der Waals surface area contributed by atoms with Crippen molar-refractivity contribution in [3.63, 3.8) is 0 Å². The van der Waals surface area contributed by atoms with Crippen LogP contribution >= 0.6 is 11.3 Å². The second kappa shape index (κ2) is 5.75. The molecule has 3 nitrogen and oxygen atoms in total. The minimum atomic E-state index is 0.320. The first-order valence-corrected chi connectivity index (χ1v) is 6.66. The van der Waals surface area contributed by atoms with Gasteiger partial charge in [-0.1, -0.05) is 27.7 Å². The largest absolute Gasteiger partial charge is 0.271 e. The minimum Gasteiger partial charge on any atom is -0.271 e. The van der Waals surface area contributed by atoms with Gasteiger partial charge in [-0.2, -0.15) is 0 Å². The van der Waals surface area contributed by atoms with E-state index in [0.717, 1.165) is 17.8 Å². The Morgan fingerprint density at radius 3 is 2.62 bits per heavy atom. The third-order valence-corrected chi connectivity index (χ3v) is 4.06. The maximum atomic E-state index is 5.61. The molecule has 0 radical (unpaired) electrons. The van der Waals surface area contributed by atoms with Crippen molar-refractivity contribution in [2.75, 3.05) is 0 Å². The molecule has 16 heavy (non-hydrogen) atoms. The Hall–Kier alpha value is -0.450. The average Bonchev–Trinajstić information content (AvgIpc) is 2.67. The molecular formula is C12H23N3S. The van der Waals surface area contributed by atoms with Crippen LogP contribution in [0.2, 0.25) is 0 Å². The molecule has 3 N–H and O–H groups in total. The first-order valence-electron chi connectivity index (χ1n) is 5.78. The van der Waals surface area contributed by atoms with Crippen LogP contribution in [0.5, 0.6) is 0 Å². The zero-order chi connectivity index (χ0) is 12.2. The molecule has 0 bridgehead atoms. The Bertz CT molecular complexity index is 290. The summed E-state index contributed by atoms with van der Waals surface area (Å²) in [6.07, 6.45) is 3.86. The van der Waals surface area contributed by atoms with Crippen LogP contribution in [-0.2, 0) is 6.42 Å². The molecule has 4 heteroatoms. The highest BCUT2D eigenvalue weighted by Crippen LogP contribution is 2.29. The third kappa shape index (κ3) is 4.20. The minimum absolute atomic E-state index is 0.320. The zero-order valence-corrected chi connectivity index (χ0v) is 11.5. The molecule has 0 fully saturated rings. The van der Waals surface area contributed by atoms with Crippen molar-refractivity contribution in [2.24, 2.45) is 17.2 Å². The molecule has 0 aliphatic heterocycles. The highest BCUT2D eigenvalue weighted by molar-refractivity contribution is 7.09. The van der Waals surface area contributed by atoms with Gasteiger partial charge in [0.15, 0.2) is 0 Å². The summed E-state index contributed by atoms with van der Waals surface area (Å²) >= 11 is 1.69. The third-order valence-electron chi connectivity index (χ3n) is 3.26. The number of nitrogens with zero attached hydrogens (tertiary/aromatic N) is 1. The molecule has 2 atom stereocenters. The molecule has 0 aliphatic rings. The van der Waals surface area contributed by atoms with Crippen LogP contribution in [0.15, 0.2) is 11.6 Å². The van der Waals surface area contributed by atoms with Crippen LogP contribution in [0, 0.1) is 11.3 Å². The molecule has 0 aliphatic carbocycles. The van der Waals surface area contributed by atoms with Crippen LogP contribution in [0.4, 0.5) is 0 Å². The van der Waals surface area contributed by atoms with Crippen molar-refractivity contribution in [3.05, 3.63) is 16.6 Å². The summed E-state index contributed by atoms with van der Waals surface area (Å²) in [5.41, 5.74) is 3.24. The van der Waals surface area contributed by atoms with E-state index < -0.39 is 0 Å². The van der Waals surface area contributed by atoms with Crippen LogP contribution in [0.3, 0.4) is 0 Å². The summed E-state index contributed by atoms with van der Waals surface area (Å²) in [5.74, 6) is 6.24. The van der Waals surface area contributed by atoms with Crippen molar-refractivity contribution in [1.29, 1.82) is 0 Å². The fraction of sp³-hybridized carbons (Fsp3) is 0.750. The lowest BCUT2D eigenvalue weighted by Gasteiger charge is -2.30. The van der Waals surface area contributed by atoms with Crippen LogP contribution < -0.4 is 11.3 Å². The summed E-state index contributed by atoms with van der Waals surface area (Å²) in [6, 6.07) is 0.320. The molecule has 0 aromatic carbocycles. The van der Waals surface area contributed by atoms with Gasteiger partial charge in [-0.3, -0.25) is 11.3 Å². The van der Waals surface area contributed by atoms with E-state index in [4.69, 9.17) is 5.84 Å². The Labute approximate surface area is 102 Å². The Balaban J connectivity index is 2.49. The van der Waals surface area contributed by atoms with Gasteiger partial charge in [0.1, 0.15) is 0 Å². The molecule has 0 spiro atoms. The summed E-state index contributed by atoms with van der Waals surface area (Å²) < 4.78 is 0. The zero-order valence-electron chi connectivity index (χ0n) is 10.7. The van der Waals surface area contributed by atoms with E-state index >= 15 is 0 Å². The second-order valence-electron chi connectivity index (χ2n) is 5.50. The number of hydrazine groups is 1. The van der Waals surface area contributed by atoms with Crippen molar-refractivity contribution in [3.8, 4) is 0 Å². The smallest absolute Gasteiger partial charge is 0.0940 e. The molecule has 1 rings (SSSR count). The Morgan fingerprint density at radius 2 is 2.19 bits per heavy atom. The predicted octanol–water partition coefficient (Wildman–Crippen LogP) is 2.59. The van der Waals surface area contributed by atoms with Gasteiger partial charge in [0, 0.05) is 24.0 Å². The molecular weight excluding hydrogens is 218 g/mol. The number of nitrogens with one attached hydrogen (secondary N) is 1. The van der Waals surface area contributed by atoms with E-state index in [-0.39, 0.29) is 0 Å². The Kier molecular flexibility index (Phi) is 4.89. The topological polar surface area (TPSA) is 50.9 Å². The van der Waals surface area contributed by atoms with Gasteiger partial charge >= 0.3 is 0 Å². The maximum Gasteiger partial charge on any atom is 0.0940 e. The first-order chi connectivity index (χ1) is 7.43. The number of hydrogen-bond acceptors (Lipinski definition) is 4. The van der Waals surface area contributed by atoms with Gasteiger partial charge < -0.3 is 0 Å². The molecule has 0 amide bonds. The molecule has 1 aromatic heterocycles. The fourth-order valence-electron chi connectivity index (χ4n) is 1.56. The Morgan fingerprint density at radius 1 is 1.50 bits per heavy atom. The summed E-state index contributed by atoms with van der Waals surface area (Å²) in [4.78, 5) is 4.30. The monoisotopic (exact) mass is 241 g/mol. The lowest BCUT2D eigenvalue weighted by molar-refractivity contribution is 0.222. The predicted molar refractivity (Wildman–Crippen MR) is 70.2 cm³/mol. The lowest BCUT2D eigenvalue weighted by atomic mass is 9.78. The lowest BCUT2D eigenvalue weighted by Crippen LogP contribution is -2.39. The first kappa shape index (κ1) is 13.6. The number of hydrogen-bond donors (Lipinski definition) is 2. The highest BCUT2D eigenvalue weighted by atomic mass is 32.1. The van der Waals surface area contributed by atoms with Crippen LogP contribution in [0.1, 0.15) is 39.1 Å². The van der Waals surface area contributed by atoms with E-state index in [2.05, 4.69) is 38.1 Å². The van der Waals surface area contributed by atoms with E-state index in [1.54, 1.807) is 11.3 Å². The SMILES string of the molecule is CC(CC(Cc1nccs1)NN)C(C)(C)C. The van der Waals surface area contributed by atoms with Crippen LogP contribution in [-0.4, -0.2) is 11.0 Å². The summed E-state index contributed by atoms with van der Waals surface area (Å²) in [6.45, 7) is 9.10. The van der Waals surface area contributed by atoms with Gasteiger partial charge in [-0.25, -0.2) is 4.98 Å². The maximum absolute atomic E-state index is 5.61. The van der Waals surface area contributed by atoms with Gasteiger partial charge in [0.2, 0.25) is 0 Å². The molecule has 2 unspecified atom stereocenters. The summed E-state index contributed by atoms with van der Waals surface area (Å²) in [5, 5.41) is 3.17. The van der Waals surface area contributed by atoms with Crippen molar-refractivity contribution >= 4 is 11.3 Å². The summed E-state index contributed by atoms with van der Waals surface area (Å²) in [7, 11) is 0. The molecule has 1 aromatic rings. The van der Waals surface area contributed by atoms with Crippen LogP contribution in [0.25, 0.3) is 0 Å². The molecule has 0 saturated carbocycles. The molecule has 92 valence electrons. The molecule has 1 heterocycles. The highest BCUT2D eigenvalue weighted by Gasteiger charge is 2.23. The fourth-order valence-corrected chi connectivity index (χ4v) is 2.25. The van der Waals surface area contributed by atoms with Crippen molar-refractivity contribution in [2.45, 2.75) is 46.6 Å². The van der Waals surface area contributed by atoms with Crippen molar-refractivity contribution in [1.82, 2.24) is 10.4 Å².